The molecule has 23 heavy (non-hydrogen) atoms. The van der Waals surface area contributed by atoms with Crippen LogP contribution in [0.2, 0.25) is 0 Å². The second-order valence-corrected chi connectivity index (χ2v) is 8.52. The summed E-state index contributed by atoms with van der Waals surface area (Å²) in [5, 5.41) is 2.94. The molecule has 0 N–H and O–H groups in total. The van der Waals surface area contributed by atoms with E-state index in [1.54, 1.807) is 0 Å². The van der Waals surface area contributed by atoms with E-state index in [-0.39, 0.29) is 7.92 Å². The van der Waals surface area contributed by atoms with Crippen LogP contribution in [0.15, 0.2) is 73.1 Å². The van der Waals surface area contributed by atoms with E-state index in [0.29, 0.717) is 6.04 Å². The fraction of sp³-hybridized carbons (Fsp3) is 0.300. The first-order valence-electron chi connectivity index (χ1n) is 8.30. The Hall–Kier alpha value is -1.79. The summed E-state index contributed by atoms with van der Waals surface area (Å²) in [5.74, 6) is 0. The molecule has 2 aromatic rings. The van der Waals surface area contributed by atoms with Gasteiger partial charge in [0.2, 0.25) is 0 Å². The van der Waals surface area contributed by atoms with E-state index in [2.05, 4.69) is 96.7 Å². The van der Waals surface area contributed by atoms with Gasteiger partial charge in [-0.25, -0.2) is 0 Å². The molecule has 1 aliphatic rings. The molecule has 0 saturated carbocycles. The third-order valence-corrected chi connectivity index (χ3v) is 6.71. The maximum atomic E-state index is 2.43. The van der Waals surface area contributed by atoms with Gasteiger partial charge in [-0.05, 0) is 38.5 Å². The van der Waals surface area contributed by atoms with Gasteiger partial charge < -0.3 is 9.80 Å². The Balaban J connectivity index is 1.70. The second-order valence-electron chi connectivity index (χ2n) is 6.18. The van der Waals surface area contributed by atoms with Gasteiger partial charge in [-0.1, -0.05) is 60.7 Å². The largest absolute Gasteiger partial charge is 0.358 e. The number of hydrogen-bond acceptors (Lipinski definition) is 2. The SMILES string of the molecule is CC(C)N1C=CN(CCP(c2ccccc2)c2ccccc2)C1. The summed E-state index contributed by atoms with van der Waals surface area (Å²) in [6.45, 7) is 6.61. The van der Waals surface area contributed by atoms with Crippen molar-refractivity contribution in [2.24, 2.45) is 0 Å². The number of rotatable bonds is 6. The van der Waals surface area contributed by atoms with Gasteiger partial charge in [-0.3, -0.25) is 0 Å². The predicted octanol–water partition coefficient (Wildman–Crippen LogP) is 3.57. The highest BCUT2D eigenvalue weighted by molar-refractivity contribution is 7.73. The smallest absolute Gasteiger partial charge is 0.0896 e. The van der Waals surface area contributed by atoms with E-state index in [9.17, 15) is 0 Å². The van der Waals surface area contributed by atoms with Gasteiger partial charge in [0.25, 0.3) is 0 Å². The number of nitrogens with zero attached hydrogens (tertiary/aromatic N) is 2. The molecule has 0 amide bonds. The molecule has 3 rings (SSSR count). The predicted molar refractivity (Wildman–Crippen MR) is 102 cm³/mol. The molecule has 0 unspecified atom stereocenters. The van der Waals surface area contributed by atoms with Gasteiger partial charge in [0.1, 0.15) is 0 Å². The summed E-state index contributed by atoms with van der Waals surface area (Å²) in [7, 11) is -0.291. The first-order chi connectivity index (χ1) is 11.2. The van der Waals surface area contributed by atoms with E-state index in [1.165, 1.54) is 16.8 Å². The van der Waals surface area contributed by atoms with Crippen molar-refractivity contribution < 1.29 is 0 Å². The van der Waals surface area contributed by atoms with Crippen LogP contribution < -0.4 is 10.6 Å². The van der Waals surface area contributed by atoms with Crippen molar-refractivity contribution in [3.8, 4) is 0 Å². The standard InChI is InChI=1S/C20H25N2P/c1-18(2)22-14-13-21(17-22)15-16-23(19-9-5-3-6-10-19)20-11-7-4-8-12-20/h3-14,18H,15-17H2,1-2H3. The van der Waals surface area contributed by atoms with E-state index in [1.807, 2.05) is 0 Å². The Morgan fingerprint density at radius 1 is 0.870 bits per heavy atom. The van der Waals surface area contributed by atoms with Gasteiger partial charge >= 0.3 is 0 Å². The van der Waals surface area contributed by atoms with Crippen LogP contribution in [0.1, 0.15) is 13.8 Å². The van der Waals surface area contributed by atoms with Crippen LogP contribution in [0.3, 0.4) is 0 Å². The fourth-order valence-corrected chi connectivity index (χ4v) is 5.15. The van der Waals surface area contributed by atoms with Crippen LogP contribution in [-0.4, -0.2) is 35.2 Å². The maximum Gasteiger partial charge on any atom is 0.0896 e. The minimum atomic E-state index is -0.291. The second kappa shape index (κ2) is 7.66. The Morgan fingerprint density at radius 3 is 1.91 bits per heavy atom. The number of benzene rings is 2. The third-order valence-electron chi connectivity index (χ3n) is 4.22. The van der Waals surface area contributed by atoms with Gasteiger partial charge in [-0.15, -0.1) is 0 Å². The molecule has 2 nitrogen and oxygen atoms in total. The molecule has 0 saturated heterocycles. The summed E-state index contributed by atoms with van der Waals surface area (Å²) in [6, 6.07) is 22.5. The highest BCUT2D eigenvalue weighted by atomic mass is 31.1. The minimum absolute atomic E-state index is 0.291. The van der Waals surface area contributed by atoms with Crippen LogP contribution in [0.5, 0.6) is 0 Å². The van der Waals surface area contributed by atoms with Crippen LogP contribution in [0.4, 0.5) is 0 Å². The fourth-order valence-electron chi connectivity index (χ4n) is 2.82. The molecule has 0 aromatic heterocycles. The van der Waals surface area contributed by atoms with Gasteiger partial charge in [-0.2, -0.15) is 0 Å². The Labute approximate surface area is 141 Å². The Kier molecular flexibility index (Phi) is 5.35. The van der Waals surface area contributed by atoms with Crippen molar-refractivity contribution >= 4 is 18.5 Å². The van der Waals surface area contributed by atoms with Crippen LogP contribution >= 0.6 is 7.92 Å². The summed E-state index contributed by atoms with van der Waals surface area (Å²) < 4.78 is 0. The maximum absolute atomic E-state index is 2.43. The first-order valence-corrected chi connectivity index (χ1v) is 9.82. The molecular formula is C20H25N2P. The summed E-state index contributed by atoms with van der Waals surface area (Å²) in [6.07, 6.45) is 5.65. The molecule has 1 heterocycles. The first kappa shape index (κ1) is 16.1. The molecule has 120 valence electrons. The molecule has 2 aromatic carbocycles. The lowest BCUT2D eigenvalue weighted by molar-refractivity contribution is 0.237. The third kappa shape index (κ3) is 4.14. The van der Waals surface area contributed by atoms with Crippen molar-refractivity contribution in [1.29, 1.82) is 0 Å². The monoisotopic (exact) mass is 324 g/mol. The van der Waals surface area contributed by atoms with E-state index in [4.69, 9.17) is 0 Å². The Morgan fingerprint density at radius 2 is 1.43 bits per heavy atom. The average Bonchev–Trinajstić information content (AvgIpc) is 3.06. The minimum Gasteiger partial charge on any atom is -0.358 e. The lowest BCUT2D eigenvalue weighted by atomic mass is 10.4. The zero-order chi connectivity index (χ0) is 16.1. The zero-order valence-electron chi connectivity index (χ0n) is 14.0. The lowest BCUT2D eigenvalue weighted by Crippen LogP contribution is -2.32. The van der Waals surface area contributed by atoms with Crippen LogP contribution in [0, 0.1) is 0 Å². The molecule has 0 aliphatic carbocycles. The molecule has 1 aliphatic heterocycles. The van der Waals surface area contributed by atoms with Gasteiger partial charge in [0.05, 0.1) is 6.67 Å². The van der Waals surface area contributed by atoms with Crippen molar-refractivity contribution in [2.75, 3.05) is 19.4 Å². The van der Waals surface area contributed by atoms with E-state index >= 15 is 0 Å². The Bertz CT molecular complexity index is 585. The van der Waals surface area contributed by atoms with Crippen LogP contribution in [-0.2, 0) is 0 Å². The van der Waals surface area contributed by atoms with Crippen molar-refractivity contribution in [1.82, 2.24) is 9.80 Å². The van der Waals surface area contributed by atoms with Crippen molar-refractivity contribution in [3.05, 3.63) is 73.1 Å². The quantitative estimate of drug-likeness (QED) is 0.750. The summed E-state index contributed by atoms with van der Waals surface area (Å²) in [4.78, 5) is 4.81. The highest BCUT2D eigenvalue weighted by Crippen LogP contribution is 2.33. The van der Waals surface area contributed by atoms with E-state index < -0.39 is 0 Å². The highest BCUT2D eigenvalue weighted by Gasteiger charge is 2.18. The van der Waals surface area contributed by atoms with Crippen molar-refractivity contribution in [3.63, 3.8) is 0 Å². The van der Waals surface area contributed by atoms with Crippen molar-refractivity contribution in [2.45, 2.75) is 19.9 Å². The van der Waals surface area contributed by atoms with E-state index in [0.717, 1.165) is 13.2 Å². The molecule has 0 atom stereocenters. The molecule has 3 heteroatoms. The average molecular weight is 324 g/mol. The molecular weight excluding hydrogens is 299 g/mol. The van der Waals surface area contributed by atoms with Crippen LogP contribution in [0.25, 0.3) is 0 Å². The summed E-state index contributed by atoms with van der Waals surface area (Å²) in [5.41, 5.74) is 0. The molecule has 0 bridgehead atoms. The van der Waals surface area contributed by atoms with Gasteiger partial charge in [0, 0.05) is 25.0 Å². The normalized spacial score (nSPS) is 14.3. The number of hydrogen-bond donors (Lipinski definition) is 0. The zero-order valence-corrected chi connectivity index (χ0v) is 14.9. The molecule has 0 spiro atoms. The summed E-state index contributed by atoms with van der Waals surface area (Å²) >= 11 is 0. The molecule has 0 radical (unpaired) electrons. The lowest BCUT2D eigenvalue weighted by Gasteiger charge is -2.26. The molecule has 0 fully saturated rings. The topological polar surface area (TPSA) is 6.48 Å². The van der Waals surface area contributed by atoms with Gasteiger partial charge in [0.15, 0.2) is 0 Å².